The van der Waals surface area contributed by atoms with Crippen LogP contribution >= 0.6 is 0 Å². The van der Waals surface area contributed by atoms with Crippen molar-refractivity contribution in [3.63, 3.8) is 0 Å². The Bertz CT molecular complexity index is 2200. The maximum absolute atomic E-state index is 11.6. The molecule has 0 unspecified atom stereocenters. The second-order valence-electron chi connectivity index (χ2n) is 8.66. The molecule has 3 N–H and O–H groups in total. The first kappa shape index (κ1) is 33.4. The average molecular weight is 659 g/mol. The number of aromatic nitrogens is 6. The van der Waals surface area contributed by atoms with Gasteiger partial charge < -0.3 is 45.4 Å². The molecule has 6 aromatic rings. The topological polar surface area (TPSA) is 308 Å². The molecule has 0 fully saturated rings. The summed E-state index contributed by atoms with van der Waals surface area (Å²) in [6.07, 6.45) is 0. The summed E-state index contributed by atoms with van der Waals surface area (Å²) in [5, 5.41) is 117. The van der Waals surface area contributed by atoms with Crippen LogP contribution in [0, 0.1) is 81.5 Å². The number of para-hydroxylation sites is 6. The SMILES string of the molecule is N#Cc1c(=N)n([O-])c2ccccc2[n+]1[O-].N#Cc1c(=N)n([O-])c2ccccc2[n+]1[O-].N#Cc1c(=N)n([O-])c2ccccc2[n+]1[O-].[Fe+3]. The fraction of sp³-hybridized carbons (Fsp3) is 0. The van der Waals surface area contributed by atoms with E-state index in [1.54, 1.807) is 36.4 Å². The van der Waals surface area contributed by atoms with Crippen molar-refractivity contribution in [3.05, 3.63) is 138 Å². The van der Waals surface area contributed by atoms with E-state index in [2.05, 4.69) is 0 Å². The van der Waals surface area contributed by atoms with Gasteiger partial charge in [-0.15, -0.1) is 0 Å². The Morgan fingerprint density at radius 2 is 0.696 bits per heavy atom. The van der Waals surface area contributed by atoms with Gasteiger partial charge in [-0.25, -0.2) is 0 Å². The van der Waals surface area contributed by atoms with Crippen molar-refractivity contribution in [3.8, 4) is 18.2 Å². The van der Waals surface area contributed by atoms with E-state index in [1.165, 1.54) is 54.6 Å². The van der Waals surface area contributed by atoms with Gasteiger partial charge in [-0.3, -0.25) is 16.2 Å². The number of benzene rings is 3. The Labute approximate surface area is 266 Å². The van der Waals surface area contributed by atoms with Crippen LogP contribution in [0.4, 0.5) is 0 Å². The van der Waals surface area contributed by atoms with Gasteiger partial charge in [-0.2, -0.15) is 30.0 Å². The molecule has 3 aromatic heterocycles. The minimum Gasteiger partial charge on any atom is -0.804 e. The van der Waals surface area contributed by atoms with Crippen LogP contribution in [-0.2, 0) is 17.1 Å². The molecule has 0 atom stereocenters. The first-order chi connectivity index (χ1) is 21.5. The van der Waals surface area contributed by atoms with E-state index in [9.17, 15) is 31.2 Å². The van der Waals surface area contributed by atoms with Gasteiger partial charge in [-0.1, -0.05) is 36.4 Å². The predicted octanol–water partition coefficient (Wildman–Crippen LogP) is -0.0873. The molecule has 227 valence electrons. The number of rotatable bonds is 0. The van der Waals surface area contributed by atoms with E-state index < -0.39 is 33.5 Å². The second-order valence-corrected chi connectivity index (χ2v) is 8.66. The molecule has 3 heterocycles. The molecule has 19 heteroatoms. The summed E-state index contributed by atoms with van der Waals surface area (Å²) < 4.78 is 1.69. The first-order valence-electron chi connectivity index (χ1n) is 12.2. The summed E-state index contributed by atoms with van der Waals surface area (Å²) in [7, 11) is 0. The van der Waals surface area contributed by atoms with Crippen LogP contribution in [0.5, 0.6) is 0 Å². The van der Waals surface area contributed by atoms with E-state index in [-0.39, 0.29) is 64.4 Å². The monoisotopic (exact) mass is 659 g/mol. The molecular weight excluding hydrogens is 644 g/mol. The van der Waals surface area contributed by atoms with Gasteiger partial charge >= 0.3 is 34.2 Å². The predicted molar refractivity (Wildman–Crippen MR) is 151 cm³/mol. The maximum Gasteiger partial charge on any atom is 3.00 e. The quantitative estimate of drug-likeness (QED) is 0.111. The first-order valence-corrected chi connectivity index (χ1v) is 12.2. The van der Waals surface area contributed by atoms with Gasteiger partial charge in [0, 0.05) is 18.2 Å². The van der Waals surface area contributed by atoms with Gasteiger partial charge in [0.25, 0.3) is 0 Å². The van der Waals surface area contributed by atoms with Crippen molar-refractivity contribution >= 4 is 33.1 Å². The van der Waals surface area contributed by atoms with Crippen molar-refractivity contribution in [2.75, 3.05) is 0 Å². The zero-order valence-electron chi connectivity index (χ0n) is 22.8. The Balaban J connectivity index is 0.000000186. The average Bonchev–Trinajstić information content (AvgIpc) is 3.07. The summed E-state index contributed by atoms with van der Waals surface area (Å²) in [4.78, 5) is 0. The van der Waals surface area contributed by atoms with Crippen molar-refractivity contribution in [1.82, 2.24) is 14.2 Å². The Morgan fingerprint density at radius 1 is 0.478 bits per heavy atom. The Hall–Kier alpha value is -7.13. The largest absolute Gasteiger partial charge is 3.00 e. The van der Waals surface area contributed by atoms with Crippen molar-refractivity contribution in [2.45, 2.75) is 0 Å². The van der Waals surface area contributed by atoms with Crippen LogP contribution in [0.15, 0.2) is 72.8 Å². The molecule has 0 saturated carbocycles. The summed E-state index contributed by atoms with van der Waals surface area (Å²) in [6, 6.07) is 22.7. The van der Waals surface area contributed by atoms with E-state index in [4.69, 9.17) is 32.0 Å². The summed E-state index contributed by atoms with van der Waals surface area (Å²) in [6.45, 7) is 0. The van der Waals surface area contributed by atoms with Gasteiger partial charge in [0.2, 0.25) is 33.0 Å². The van der Waals surface area contributed by atoms with Crippen LogP contribution in [0.3, 0.4) is 0 Å². The van der Waals surface area contributed by atoms with Gasteiger partial charge in [0.15, 0.2) is 18.2 Å². The van der Waals surface area contributed by atoms with E-state index in [0.29, 0.717) is 14.2 Å². The van der Waals surface area contributed by atoms with E-state index in [1.807, 2.05) is 0 Å². The van der Waals surface area contributed by atoms with Gasteiger partial charge in [0.1, 0.15) is 16.6 Å². The zero-order chi connectivity index (χ0) is 33.0. The van der Waals surface area contributed by atoms with Crippen molar-refractivity contribution in [1.29, 1.82) is 32.0 Å². The number of hydrogen-bond acceptors (Lipinski definition) is 12. The third-order valence-corrected chi connectivity index (χ3v) is 6.17. The van der Waals surface area contributed by atoms with E-state index >= 15 is 0 Å². The molecule has 0 amide bonds. The van der Waals surface area contributed by atoms with Gasteiger partial charge in [-0.05, 0) is 18.2 Å². The molecule has 18 nitrogen and oxygen atoms in total. The number of nitrogens with zero attached hydrogens (tertiary/aromatic N) is 9. The van der Waals surface area contributed by atoms with E-state index in [0.717, 1.165) is 0 Å². The van der Waals surface area contributed by atoms with Crippen LogP contribution in [-0.4, -0.2) is 14.2 Å². The Morgan fingerprint density at radius 3 is 0.913 bits per heavy atom. The van der Waals surface area contributed by atoms with Crippen molar-refractivity contribution in [2.24, 2.45) is 0 Å². The van der Waals surface area contributed by atoms with Crippen LogP contribution in [0.25, 0.3) is 33.1 Å². The number of fused-ring (bicyclic) bond motifs is 3. The molecule has 1 radical (unpaired) electrons. The molecule has 0 aliphatic carbocycles. The standard InChI is InChI=1S/3C9H5N4O2.Fe/c3*10-5-8-9(11)13(15)7-4-2-1-3-6(7)12(8)14;/h3*1-4,11H;/q3*-1;+3. The molecule has 6 rings (SSSR count). The fourth-order valence-corrected chi connectivity index (χ4v) is 4.02. The molecule has 3 aromatic carbocycles. The number of nitriles is 3. The molecule has 0 aliphatic rings. The normalized spacial score (nSPS) is 9.85. The fourth-order valence-electron chi connectivity index (χ4n) is 4.02. The van der Waals surface area contributed by atoms with Gasteiger partial charge in [0.05, 0.1) is 0 Å². The van der Waals surface area contributed by atoms with Crippen LogP contribution in [0.2, 0.25) is 0 Å². The molecule has 0 saturated heterocycles. The number of nitrogens with one attached hydrogen (secondary N) is 3. The summed E-state index contributed by atoms with van der Waals surface area (Å²) in [5.74, 6) is 0. The van der Waals surface area contributed by atoms with Crippen molar-refractivity contribution < 1.29 is 31.3 Å². The molecule has 0 bridgehead atoms. The Kier molecular flexibility index (Phi) is 9.76. The minimum atomic E-state index is -0.633. The second kappa shape index (κ2) is 13.4. The third-order valence-electron chi connectivity index (χ3n) is 6.17. The summed E-state index contributed by atoms with van der Waals surface area (Å²) in [5.41, 5.74) is -2.90. The molecule has 46 heavy (non-hydrogen) atoms. The maximum atomic E-state index is 11.6. The third kappa shape index (κ3) is 5.62. The van der Waals surface area contributed by atoms with Crippen LogP contribution in [0.1, 0.15) is 17.1 Å². The molecule has 0 spiro atoms. The minimum absolute atomic E-state index is 0. The molecular formula is C27H15FeN12O6. The smallest absolute Gasteiger partial charge is 0.804 e. The van der Waals surface area contributed by atoms with Crippen LogP contribution < -0.4 is 30.7 Å². The molecule has 0 aliphatic heterocycles. The number of hydrogen-bond donors (Lipinski definition) is 3. The zero-order valence-corrected chi connectivity index (χ0v) is 23.9. The summed E-state index contributed by atoms with van der Waals surface area (Å²) >= 11 is 0.